The lowest BCUT2D eigenvalue weighted by molar-refractivity contribution is 0.0964. The Bertz CT molecular complexity index is 1600. The van der Waals surface area contributed by atoms with Crippen LogP contribution in [0.3, 0.4) is 0 Å². The molecule has 0 atom stereocenters. The lowest BCUT2D eigenvalue weighted by Crippen LogP contribution is -2.13. The second-order valence-corrected chi connectivity index (χ2v) is 14.5. The molecule has 0 saturated carbocycles. The number of carbonyl (C=O) groups is 2. The third kappa shape index (κ3) is 9.93. The lowest BCUT2D eigenvalue weighted by Gasteiger charge is -2.19. The van der Waals surface area contributed by atoms with E-state index in [9.17, 15) is 14.7 Å². The highest BCUT2D eigenvalue weighted by molar-refractivity contribution is 7.97. The second kappa shape index (κ2) is 16.4. The number of ether oxygens (including phenoxy) is 1. The number of thiophene rings is 2. The number of benzene rings is 2. The summed E-state index contributed by atoms with van der Waals surface area (Å²) in [7, 11) is 0. The highest BCUT2D eigenvalue weighted by Gasteiger charge is 2.18. The van der Waals surface area contributed by atoms with Gasteiger partial charge in [0.15, 0.2) is 11.6 Å². The molecule has 0 aliphatic rings. The van der Waals surface area contributed by atoms with E-state index >= 15 is 0 Å². The second-order valence-electron chi connectivity index (χ2n) is 11.5. The number of nitrogens with one attached hydrogen (secondary N) is 1. The SMILES string of the molecule is CC(=NCC(=O)c1ccc(C(=O)CCc2ccc(SNCCOCCO)cc2)s1)c1csc(-c2ccc(C(C)(C)C)cc2)c1O. The smallest absolute Gasteiger partial charge is 0.194 e. The summed E-state index contributed by atoms with van der Waals surface area (Å²) in [5.74, 6) is 0.0208. The van der Waals surface area contributed by atoms with E-state index in [1.54, 1.807) is 19.1 Å². The van der Waals surface area contributed by atoms with E-state index in [0.29, 0.717) is 53.6 Å². The first-order chi connectivity index (χ1) is 21.6. The lowest BCUT2D eigenvalue weighted by atomic mass is 9.86. The fraction of sp³-hybridized carbons (Fsp3) is 0.343. The van der Waals surface area contributed by atoms with Crippen molar-refractivity contribution >= 4 is 51.9 Å². The molecule has 0 radical (unpaired) electrons. The summed E-state index contributed by atoms with van der Waals surface area (Å²) in [6, 6.07) is 19.7. The Kier molecular flexibility index (Phi) is 12.7. The first-order valence-corrected chi connectivity index (χ1v) is 17.3. The average molecular weight is 665 g/mol. The van der Waals surface area contributed by atoms with Gasteiger partial charge in [-0.2, -0.15) is 0 Å². The number of aliphatic imine (C=N–C) groups is 1. The van der Waals surface area contributed by atoms with Gasteiger partial charge in [0.25, 0.3) is 0 Å². The minimum atomic E-state index is -0.159. The molecule has 3 N–H and O–H groups in total. The molecule has 0 aliphatic heterocycles. The monoisotopic (exact) mass is 664 g/mol. The molecule has 0 unspecified atom stereocenters. The summed E-state index contributed by atoms with van der Waals surface area (Å²) >= 11 is 4.17. The number of carbonyl (C=O) groups excluding carboxylic acids is 2. The summed E-state index contributed by atoms with van der Waals surface area (Å²) < 4.78 is 8.43. The minimum Gasteiger partial charge on any atom is -0.506 e. The van der Waals surface area contributed by atoms with Gasteiger partial charge < -0.3 is 14.9 Å². The van der Waals surface area contributed by atoms with Gasteiger partial charge in [-0.15, -0.1) is 22.7 Å². The highest BCUT2D eigenvalue weighted by atomic mass is 32.2. The molecule has 7 nitrogen and oxygen atoms in total. The number of aliphatic hydroxyl groups is 1. The molecule has 0 aliphatic carbocycles. The largest absolute Gasteiger partial charge is 0.506 e. The molecule has 0 spiro atoms. The van der Waals surface area contributed by atoms with E-state index in [2.05, 4.69) is 42.6 Å². The first kappa shape index (κ1) is 34.7. The number of ketones is 2. The Hall–Kier alpha value is -3.12. The number of rotatable bonds is 16. The fourth-order valence-corrected chi connectivity index (χ4v) is 6.99. The molecule has 45 heavy (non-hydrogen) atoms. The standard InChI is InChI=1S/C35H40N2O5S3/c1-23(28-22-43-34(33(28)41)25-8-10-26(11-9-25)35(2,3)4)36-21-30(40)32-16-15-31(44-32)29(39)14-7-24-5-12-27(13-6-24)45-37-17-19-42-20-18-38/h5-6,8-13,15-16,22,37-38,41H,7,14,17-21H2,1-4H3. The van der Waals surface area contributed by atoms with Crippen molar-refractivity contribution in [2.24, 2.45) is 4.99 Å². The van der Waals surface area contributed by atoms with Crippen LogP contribution in [0.1, 0.15) is 70.1 Å². The fourth-order valence-electron chi connectivity index (χ4n) is 4.45. The van der Waals surface area contributed by atoms with E-state index in [1.165, 1.54) is 40.2 Å². The summed E-state index contributed by atoms with van der Waals surface area (Å²) in [6.07, 6.45) is 0.973. The van der Waals surface area contributed by atoms with Gasteiger partial charge in [0.05, 0.1) is 34.5 Å². The van der Waals surface area contributed by atoms with Crippen LogP contribution in [0.2, 0.25) is 0 Å². The van der Waals surface area contributed by atoms with E-state index in [0.717, 1.165) is 20.9 Å². The Morgan fingerprint density at radius 1 is 0.956 bits per heavy atom. The van der Waals surface area contributed by atoms with Crippen LogP contribution < -0.4 is 4.72 Å². The van der Waals surface area contributed by atoms with Crippen LogP contribution in [0.4, 0.5) is 0 Å². The maximum atomic E-state index is 12.9. The zero-order valence-electron chi connectivity index (χ0n) is 26.1. The van der Waals surface area contributed by atoms with Crippen molar-refractivity contribution in [3.63, 3.8) is 0 Å². The van der Waals surface area contributed by atoms with Crippen molar-refractivity contribution in [3.8, 4) is 16.2 Å². The molecule has 2 heterocycles. The van der Waals surface area contributed by atoms with E-state index < -0.39 is 0 Å². The number of aliphatic hydroxyl groups excluding tert-OH is 1. The van der Waals surface area contributed by atoms with Crippen molar-refractivity contribution in [2.45, 2.75) is 50.8 Å². The molecule has 0 bridgehead atoms. The van der Waals surface area contributed by atoms with Crippen molar-refractivity contribution in [3.05, 3.63) is 92.5 Å². The number of nitrogens with zero attached hydrogens (tertiary/aromatic N) is 1. The Morgan fingerprint density at radius 3 is 2.31 bits per heavy atom. The van der Waals surface area contributed by atoms with Crippen molar-refractivity contribution < 1.29 is 24.5 Å². The predicted octanol–water partition coefficient (Wildman–Crippen LogP) is 7.59. The summed E-state index contributed by atoms with van der Waals surface area (Å²) in [4.78, 5) is 33.1. The van der Waals surface area contributed by atoms with Crippen LogP contribution in [0.25, 0.3) is 10.4 Å². The maximum absolute atomic E-state index is 12.9. The molecule has 2 aromatic carbocycles. The number of Topliss-reactive ketones (excluding diaryl/α,β-unsaturated/α-hetero) is 2. The summed E-state index contributed by atoms with van der Waals surface area (Å²) in [5.41, 5.74) is 4.50. The van der Waals surface area contributed by atoms with Crippen LogP contribution in [-0.4, -0.2) is 60.4 Å². The van der Waals surface area contributed by atoms with E-state index in [4.69, 9.17) is 9.84 Å². The molecule has 2 aromatic heterocycles. The van der Waals surface area contributed by atoms with Crippen molar-refractivity contribution in [1.29, 1.82) is 0 Å². The Labute approximate surface area is 277 Å². The van der Waals surface area contributed by atoms with E-state index in [-0.39, 0.29) is 35.9 Å². The summed E-state index contributed by atoms with van der Waals surface area (Å²) in [6.45, 7) is 9.81. The predicted molar refractivity (Wildman–Crippen MR) is 187 cm³/mol. The number of hydrogen-bond donors (Lipinski definition) is 3. The molecule has 0 saturated heterocycles. The highest BCUT2D eigenvalue weighted by Crippen LogP contribution is 2.39. The first-order valence-electron chi connectivity index (χ1n) is 14.8. The molecule has 4 aromatic rings. The Morgan fingerprint density at radius 2 is 1.64 bits per heavy atom. The molecule has 0 fully saturated rings. The molecule has 238 valence electrons. The molecular formula is C35H40N2O5S3. The molecule has 4 rings (SSSR count). The van der Waals surface area contributed by atoms with Gasteiger partial charge in [-0.05, 0) is 71.7 Å². The van der Waals surface area contributed by atoms with Gasteiger partial charge in [-0.3, -0.25) is 19.3 Å². The molecule has 10 heteroatoms. The van der Waals surface area contributed by atoms with Gasteiger partial charge >= 0.3 is 0 Å². The third-order valence-corrected chi connectivity index (χ3v) is 10.2. The number of aryl methyl sites for hydroxylation is 1. The van der Waals surface area contributed by atoms with Crippen LogP contribution in [-0.2, 0) is 16.6 Å². The van der Waals surface area contributed by atoms with Crippen LogP contribution in [0.15, 0.2) is 75.9 Å². The number of aromatic hydroxyl groups is 1. The normalized spacial score (nSPS) is 12.1. The zero-order valence-corrected chi connectivity index (χ0v) is 28.5. The van der Waals surface area contributed by atoms with Gasteiger partial charge in [0.2, 0.25) is 0 Å². The van der Waals surface area contributed by atoms with E-state index in [1.807, 2.05) is 41.8 Å². The molecule has 0 amide bonds. The number of hydrogen-bond acceptors (Lipinski definition) is 10. The summed E-state index contributed by atoms with van der Waals surface area (Å²) in [5, 5.41) is 21.5. The van der Waals surface area contributed by atoms with Gasteiger partial charge in [-0.25, -0.2) is 0 Å². The van der Waals surface area contributed by atoms with Crippen LogP contribution >= 0.6 is 34.6 Å². The minimum absolute atomic E-state index is 0.00740. The quantitative estimate of drug-likeness (QED) is 0.0490. The Balaban J connectivity index is 1.27. The van der Waals surface area contributed by atoms with Gasteiger partial charge in [0.1, 0.15) is 12.3 Å². The van der Waals surface area contributed by atoms with Crippen LogP contribution in [0.5, 0.6) is 5.75 Å². The van der Waals surface area contributed by atoms with Crippen LogP contribution in [0, 0.1) is 0 Å². The van der Waals surface area contributed by atoms with Gasteiger partial charge in [-0.1, -0.05) is 57.2 Å². The average Bonchev–Trinajstić information content (AvgIpc) is 3.68. The third-order valence-electron chi connectivity index (χ3n) is 7.12. The van der Waals surface area contributed by atoms with Gasteiger partial charge in [0, 0.05) is 34.5 Å². The topological polar surface area (TPSA) is 108 Å². The van der Waals surface area contributed by atoms with Crippen molar-refractivity contribution in [2.75, 3.05) is 32.9 Å². The molecular weight excluding hydrogens is 625 g/mol. The zero-order chi connectivity index (χ0) is 32.4. The van der Waals surface area contributed by atoms with Crippen molar-refractivity contribution in [1.82, 2.24) is 4.72 Å². The maximum Gasteiger partial charge on any atom is 0.194 e.